The summed E-state index contributed by atoms with van der Waals surface area (Å²) in [4.78, 5) is 46.1. The summed E-state index contributed by atoms with van der Waals surface area (Å²) >= 11 is 0. The maximum Gasteiger partial charge on any atom is 0.404 e. The number of benzene rings is 2. The number of carbonyl (C=O) groups is 3. The van der Waals surface area contributed by atoms with Crippen LogP contribution in [-0.4, -0.2) is 47.0 Å². The minimum absolute atomic E-state index is 0.0628. The molecular weight excluding hydrogens is 422 g/mol. The first-order valence-corrected chi connectivity index (χ1v) is 9.07. The Labute approximate surface area is 184 Å². The molecule has 0 aliphatic rings. The highest BCUT2D eigenvalue weighted by Gasteiger charge is 1.99. The van der Waals surface area contributed by atoms with Gasteiger partial charge in [-0.1, -0.05) is 48.5 Å². The van der Waals surface area contributed by atoms with E-state index in [9.17, 15) is 14.4 Å². The van der Waals surface area contributed by atoms with Crippen LogP contribution in [-0.2, 0) is 23.9 Å². The largest absolute Gasteiger partial charge is 0.481 e. The lowest BCUT2D eigenvalue weighted by molar-refractivity contribution is -0.139. The van der Waals surface area contributed by atoms with Gasteiger partial charge >= 0.3 is 18.0 Å². The van der Waals surface area contributed by atoms with Crippen LogP contribution in [0.1, 0.15) is 32.6 Å². The van der Waals surface area contributed by atoms with Gasteiger partial charge in [-0.3, -0.25) is 9.59 Å². The van der Waals surface area contributed by atoms with Crippen molar-refractivity contribution in [2.24, 2.45) is 5.73 Å². The smallest absolute Gasteiger partial charge is 0.404 e. The molecule has 0 spiro atoms. The number of ether oxygens (including phenoxy) is 1. The molecule has 2 rings (SSSR count). The van der Waals surface area contributed by atoms with Crippen molar-refractivity contribution in [3.8, 4) is 0 Å². The SMILES string of the molecule is CCOC(N)=O.N=C=O.N=C=O.O=C(O)CCCCC(=O)O.c1ccc2ccccc2c1. The third-order valence-electron chi connectivity index (χ3n) is 2.98. The molecule has 0 unspecified atom stereocenters. The molecule has 0 saturated heterocycles. The normalized spacial score (nSPS) is 7.91. The third kappa shape index (κ3) is 27.9. The van der Waals surface area contributed by atoms with E-state index in [0.29, 0.717) is 19.4 Å². The molecule has 0 atom stereocenters. The fraction of sp³-hybridized carbons (Fsp3) is 0.286. The maximum absolute atomic E-state index is 9.90. The van der Waals surface area contributed by atoms with Gasteiger partial charge in [0, 0.05) is 12.8 Å². The molecule has 6 N–H and O–H groups in total. The van der Waals surface area contributed by atoms with Gasteiger partial charge in [0.15, 0.2) is 0 Å². The maximum atomic E-state index is 9.90. The zero-order chi connectivity index (χ0) is 25.2. The van der Waals surface area contributed by atoms with Gasteiger partial charge in [-0.2, -0.15) is 0 Å². The first-order valence-electron chi connectivity index (χ1n) is 9.07. The number of carboxylic acid groups (broad SMARTS) is 2. The second kappa shape index (κ2) is 24.7. The predicted molar refractivity (Wildman–Crippen MR) is 116 cm³/mol. The molecule has 0 fully saturated rings. The highest BCUT2D eigenvalue weighted by atomic mass is 16.5. The lowest BCUT2D eigenvalue weighted by Crippen LogP contribution is -2.11. The second-order valence-electron chi connectivity index (χ2n) is 5.30. The van der Waals surface area contributed by atoms with Crippen molar-refractivity contribution >= 4 is 41.0 Å². The summed E-state index contributed by atoms with van der Waals surface area (Å²) in [5.74, 6) is -1.74. The van der Waals surface area contributed by atoms with Crippen LogP contribution >= 0.6 is 0 Å². The molecule has 0 bridgehead atoms. The Morgan fingerprint density at radius 1 is 0.844 bits per heavy atom. The van der Waals surface area contributed by atoms with E-state index in [2.05, 4.69) is 59.0 Å². The number of carbonyl (C=O) groups excluding carboxylic acids is 3. The Balaban J connectivity index is -0.000000359. The number of isocyanates is 2. The zero-order valence-corrected chi connectivity index (χ0v) is 17.6. The molecule has 0 radical (unpaired) electrons. The van der Waals surface area contributed by atoms with Crippen molar-refractivity contribution in [2.45, 2.75) is 32.6 Å². The summed E-state index contributed by atoms with van der Waals surface area (Å²) in [6.07, 6.45) is 1.81. The number of fused-ring (bicyclic) bond motifs is 1. The van der Waals surface area contributed by atoms with Gasteiger partial charge in [-0.15, -0.1) is 0 Å². The summed E-state index contributed by atoms with van der Waals surface area (Å²) in [7, 11) is 0. The average molecular weight is 449 g/mol. The van der Waals surface area contributed by atoms with Crippen molar-refractivity contribution < 1.29 is 38.9 Å². The predicted octanol–water partition coefficient (Wildman–Crippen LogP) is 3.46. The minimum Gasteiger partial charge on any atom is -0.481 e. The van der Waals surface area contributed by atoms with Crippen LogP contribution in [0.2, 0.25) is 0 Å². The van der Waals surface area contributed by atoms with E-state index in [1.807, 2.05) is 0 Å². The van der Waals surface area contributed by atoms with Crippen LogP contribution < -0.4 is 5.73 Å². The molecule has 0 aliphatic heterocycles. The summed E-state index contributed by atoms with van der Waals surface area (Å²) in [5.41, 5.74) is 4.54. The number of carboxylic acids is 2. The standard InChI is InChI=1S/C10H8.C6H10O4.C3H7NO2.2CHNO/c1-2-6-10-8-4-3-7-9(10)5-1;7-5(8)3-1-2-4-6(9)10;1-2-6-3(4)5;2*2-1-3/h1-8H;1-4H2,(H,7,8)(H,9,10);2H2,1H3,(H2,4,5);2*2H. The number of primary amides is 1. The van der Waals surface area contributed by atoms with Gasteiger partial charge < -0.3 is 20.7 Å². The molecule has 0 saturated carbocycles. The first kappa shape index (κ1) is 32.3. The van der Waals surface area contributed by atoms with Crippen LogP contribution in [0.4, 0.5) is 4.79 Å². The molecule has 11 nitrogen and oxygen atoms in total. The lowest BCUT2D eigenvalue weighted by Gasteiger charge is -1.92. The van der Waals surface area contributed by atoms with Gasteiger partial charge in [0.25, 0.3) is 0 Å². The van der Waals surface area contributed by atoms with Crippen molar-refractivity contribution in [3.63, 3.8) is 0 Å². The zero-order valence-electron chi connectivity index (χ0n) is 17.6. The number of hydrogen-bond donors (Lipinski definition) is 5. The fourth-order valence-electron chi connectivity index (χ4n) is 1.83. The molecule has 0 heterocycles. The fourth-order valence-corrected chi connectivity index (χ4v) is 1.83. The van der Waals surface area contributed by atoms with Gasteiger partial charge in [0.1, 0.15) is 0 Å². The lowest BCUT2D eigenvalue weighted by atomic mass is 10.1. The molecule has 0 aliphatic carbocycles. The molecule has 2 aromatic carbocycles. The van der Waals surface area contributed by atoms with E-state index in [0.717, 1.165) is 12.2 Å². The van der Waals surface area contributed by atoms with Crippen LogP contribution in [0.3, 0.4) is 0 Å². The quantitative estimate of drug-likeness (QED) is 0.250. The second-order valence-corrected chi connectivity index (χ2v) is 5.30. The Bertz CT molecular complexity index is 766. The number of aliphatic carboxylic acids is 2. The number of nitrogens with one attached hydrogen (secondary N) is 2. The summed E-state index contributed by atoms with van der Waals surface area (Å²) in [5, 5.41) is 29.7. The third-order valence-corrected chi connectivity index (χ3v) is 2.98. The minimum atomic E-state index is -0.870. The number of rotatable bonds is 6. The first-order chi connectivity index (χ1) is 15.2. The highest BCUT2D eigenvalue weighted by Crippen LogP contribution is 2.11. The molecule has 11 heteroatoms. The summed E-state index contributed by atoms with van der Waals surface area (Å²) in [6, 6.07) is 16.7. The topological polar surface area (TPSA) is 209 Å². The van der Waals surface area contributed by atoms with Crippen molar-refractivity contribution in [3.05, 3.63) is 48.5 Å². The van der Waals surface area contributed by atoms with Crippen LogP contribution in [0.5, 0.6) is 0 Å². The van der Waals surface area contributed by atoms with Crippen molar-refractivity contribution in [2.75, 3.05) is 6.61 Å². The molecule has 0 aromatic heterocycles. The summed E-state index contributed by atoms with van der Waals surface area (Å²) < 4.78 is 4.18. The molecule has 32 heavy (non-hydrogen) atoms. The van der Waals surface area contributed by atoms with Gasteiger partial charge in [-0.05, 0) is 30.5 Å². The summed E-state index contributed by atoms with van der Waals surface area (Å²) in [6.45, 7) is 2.06. The average Bonchev–Trinajstić information content (AvgIpc) is 2.73. The van der Waals surface area contributed by atoms with Gasteiger partial charge in [0.05, 0.1) is 6.61 Å². The highest BCUT2D eigenvalue weighted by molar-refractivity contribution is 5.82. The van der Waals surface area contributed by atoms with Crippen LogP contribution in [0, 0.1) is 10.8 Å². The molecule has 1 amide bonds. The van der Waals surface area contributed by atoms with Crippen LogP contribution in [0.25, 0.3) is 10.8 Å². The van der Waals surface area contributed by atoms with Gasteiger partial charge in [0.2, 0.25) is 12.2 Å². The van der Waals surface area contributed by atoms with E-state index in [4.69, 9.17) is 30.6 Å². The van der Waals surface area contributed by atoms with Gasteiger partial charge in [-0.25, -0.2) is 25.2 Å². The molecule has 2 aromatic rings. The molecule has 174 valence electrons. The Morgan fingerprint density at radius 2 is 1.12 bits per heavy atom. The van der Waals surface area contributed by atoms with Crippen molar-refractivity contribution in [1.82, 2.24) is 0 Å². The van der Waals surface area contributed by atoms with E-state index < -0.39 is 18.0 Å². The van der Waals surface area contributed by atoms with E-state index in [1.165, 1.54) is 10.8 Å². The van der Waals surface area contributed by atoms with E-state index in [-0.39, 0.29) is 12.8 Å². The molecular formula is C21H27N3O8. The number of nitrogens with two attached hydrogens (primary N) is 1. The van der Waals surface area contributed by atoms with E-state index >= 15 is 0 Å². The Morgan fingerprint density at radius 3 is 1.28 bits per heavy atom. The van der Waals surface area contributed by atoms with E-state index in [1.54, 1.807) is 6.92 Å². The number of unbranched alkanes of at least 4 members (excludes halogenated alkanes) is 1. The monoisotopic (exact) mass is 449 g/mol. The number of hydrogen-bond acceptors (Lipinski definition) is 8. The van der Waals surface area contributed by atoms with Crippen LogP contribution in [0.15, 0.2) is 48.5 Å². The Hall–Kier alpha value is -4.33. The Kier molecular flexibility index (Phi) is 25.0. The van der Waals surface area contributed by atoms with Crippen molar-refractivity contribution in [1.29, 1.82) is 10.8 Å². The number of amides is 1.